The average Bonchev–Trinajstić information content (AvgIpc) is 2.34. The van der Waals surface area contributed by atoms with Crippen LogP contribution in [0.3, 0.4) is 0 Å². The zero-order valence-corrected chi connectivity index (χ0v) is 13.5. The Labute approximate surface area is 135 Å². The number of carbonyl (C=O) groups is 1. The number of rotatable bonds is 14. The van der Waals surface area contributed by atoms with Crippen LogP contribution in [0.2, 0.25) is 0 Å². The number of aliphatic carboxylic acids is 1. The van der Waals surface area contributed by atoms with Gasteiger partial charge in [-0.05, 0) is 0 Å². The molecule has 0 heterocycles. The van der Waals surface area contributed by atoms with Crippen LogP contribution in [0.25, 0.3) is 0 Å². The third kappa shape index (κ3) is 20.7. The fourth-order valence-electron chi connectivity index (χ4n) is 0.986. The van der Waals surface area contributed by atoms with Crippen molar-refractivity contribution in [2.75, 3.05) is 59.5 Å². The maximum absolute atomic E-state index is 10.1. The summed E-state index contributed by atoms with van der Waals surface area (Å²) in [4.78, 5) is 10.1. The minimum atomic E-state index is -0.868. The summed E-state index contributed by atoms with van der Waals surface area (Å²) in [5.74, 6) is -0.868. The van der Waals surface area contributed by atoms with Crippen molar-refractivity contribution in [2.45, 2.75) is 6.42 Å². The molecule has 0 unspecified atom stereocenters. The molecule has 0 bridgehead atoms. The van der Waals surface area contributed by atoms with Crippen molar-refractivity contribution in [3.05, 3.63) is 0 Å². The minimum absolute atomic E-state index is 0. The predicted octanol–water partition coefficient (Wildman–Crippen LogP) is -0.861. The number of aliphatic hydroxyl groups excluding tert-OH is 1. The van der Waals surface area contributed by atoms with Crippen molar-refractivity contribution in [3.8, 4) is 0 Å². The van der Waals surface area contributed by atoms with Crippen LogP contribution in [-0.4, -0.2) is 105 Å². The van der Waals surface area contributed by atoms with Crippen LogP contribution in [0.4, 0.5) is 0 Å². The monoisotopic (exact) mass is 289 g/mol. The first-order chi connectivity index (χ1) is 8.77. The Morgan fingerprint density at radius 1 is 0.737 bits per heavy atom. The molecule has 1 radical (unpaired) electrons. The average molecular weight is 289 g/mol. The molecular formula is C11H22NaO7. The first kappa shape index (κ1) is 21.6. The summed E-state index contributed by atoms with van der Waals surface area (Å²) in [7, 11) is 0. The number of carboxylic acids is 1. The van der Waals surface area contributed by atoms with Crippen LogP contribution in [0.5, 0.6) is 0 Å². The van der Waals surface area contributed by atoms with E-state index in [0.717, 1.165) is 0 Å². The van der Waals surface area contributed by atoms with Gasteiger partial charge in [0.1, 0.15) is 0 Å². The van der Waals surface area contributed by atoms with Gasteiger partial charge in [0, 0.05) is 29.6 Å². The molecule has 0 aromatic rings. The van der Waals surface area contributed by atoms with E-state index >= 15 is 0 Å². The van der Waals surface area contributed by atoms with Gasteiger partial charge in [0.05, 0.1) is 65.9 Å². The van der Waals surface area contributed by atoms with E-state index in [9.17, 15) is 4.79 Å². The molecule has 0 fully saturated rings. The molecule has 8 heteroatoms. The van der Waals surface area contributed by atoms with Crippen LogP contribution in [0, 0.1) is 0 Å². The van der Waals surface area contributed by atoms with E-state index in [1.165, 1.54) is 0 Å². The first-order valence-corrected chi connectivity index (χ1v) is 5.91. The third-order valence-corrected chi connectivity index (χ3v) is 1.81. The summed E-state index contributed by atoms with van der Waals surface area (Å²) >= 11 is 0. The van der Waals surface area contributed by atoms with Crippen molar-refractivity contribution in [2.24, 2.45) is 0 Å². The van der Waals surface area contributed by atoms with Crippen LogP contribution >= 0.6 is 0 Å². The molecule has 0 aliphatic carbocycles. The quantitative estimate of drug-likeness (QED) is 0.317. The molecule has 0 amide bonds. The maximum atomic E-state index is 10.1. The van der Waals surface area contributed by atoms with E-state index in [2.05, 4.69) is 0 Å². The summed E-state index contributed by atoms with van der Waals surface area (Å²) < 4.78 is 20.4. The molecule has 0 atom stereocenters. The zero-order valence-electron chi connectivity index (χ0n) is 11.5. The molecule has 0 rings (SSSR count). The van der Waals surface area contributed by atoms with Crippen molar-refractivity contribution in [1.29, 1.82) is 0 Å². The van der Waals surface area contributed by atoms with Crippen LogP contribution in [-0.2, 0) is 23.7 Å². The van der Waals surface area contributed by atoms with Gasteiger partial charge in [-0.25, -0.2) is 0 Å². The molecule has 0 aromatic carbocycles. The Bertz CT molecular complexity index is 192. The second-order valence-electron chi connectivity index (χ2n) is 3.32. The van der Waals surface area contributed by atoms with Gasteiger partial charge in [0.25, 0.3) is 0 Å². The van der Waals surface area contributed by atoms with E-state index in [1.807, 2.05) is 0 Å². The number of hydrogen-bond acceptors (Lipinski definition) is 6. The third-order valence-electron chi connectivity index (χ3n) is 1.81. The van der Waals surface area contributed by atoms with Gasteiger partial charge in [-0.2, -0.15) is 0 Å². The number of ether oxygens (including phenoxy) is 4. The minimum Gasteiger partial charge on any atom is -0.481 e. The molecule has 0 aliphatic heterocycles. The maximum Gasteiger partial charge on any atom is 0.305 e. The largest absolute Gasteiger partial charge is 0.481 e. The molecule has 0 saturated carbocycles. The molecule has 2 N–H and O–H groups in total. The van der Waals surface area contributed by atoms with Gasteiger partial charge in [-0.1, -0.05) is 0 Å². The van der Waals surface area contributed by atoms with Crippen LogP contribution in [0.15, 0.2) is 0 Å². The van der Waals surface area contributed by atoms with Gasteiger partial charge < -0.3 is 29.2 Å². The Balaban J connectivity index is 0. The van der Waals surface area contributed by atoms with E-state index in [1.54, 1.807) is 0 Å². The summed E-state index contributed by atoms with van der Waals surface area (Å²) in [6.07, 6.45) is 0.0109. The van der Waals surface area contributed by atoms with Gasteiger partial charge in [-0.15, -0.1) is 0 Å². The Hall–Kier alpha value is 0.270. The number of carboxylic acid groups (broad SMARTS) is 1. The molecule has 7 nitrogen and oxygen atoms in total. The molecular weight excluding hydrogens is 267 g/mol. The van der Waals surface area contributed by atoms with Crippen molar-refractivity contribution >= 4 is 35.5 Å². The van der Waals surface area contributed by atoms with Gasteiger partial charge in [0.2, 0.25) is 0 Å². The fraction of sp³-hybridized carbons (Fsp3) is 0.909. The summed E-state index contributed by atoms with van der Waals surface area (Å²) in [6, 6.07) is 0. The van der Waals surface area contributed by atoms with Crippen molar-refractivity contribution in [3.63, 3.8) is 0 Å². The molecule has 0 aromatic heterocycles. The SMILES string of the molecule is O=C(O)CCOCCOCCOCCOCCO.[Na]. The van der Waals surface area contributed by atoms with Crippen molar-refractivity contribution < 1.29 is 34.0 Å². The second kappa shape index (κ2) is 18.3. The Morgan fingerprint density at radius 2 is 1.11 bits per heavy atom. The van der Waals surface area contributed by atoms with Gasteiger partial charge >= 0.3 is 5.97 Å². The molecule has 0 aliphatic rings. The fourth-order valence-corrected chi connectivity index (χ4v) is 0.986. The summed E-state index contributed by atoms with van der Waals surface area (Å²) in [5.41, 5.74) is 0. The predicted molar refractivity (Wildman–Crippen MR) is 68.4 cm³/mol. The van der Waals surface area contributed by atoms with Gasteiger partial charge in [-0.3, -0.25) is 4.79 Å². The van der Waals surface area contributed by atoms with Crippen LogP contribution in [0.1, 0.15) is 6.42 Å². The summed E-state index contributed by atoms with van der Waals surface area (Å²) in [5, 5.41) is 16.8. The van der Waals surface area contributed by atoms with Gasteiger partial charge in [0.15, 0.2) is 0 Å². The van der Waals surface area contributed by atoms with E-state index < -0.39 is 5.97 Å². The normalized spacial score (nSPS) is 10.2. The van der Waals surface area contributed by atoms with E-state index in [4.69, 9.17) is 29.2 Å². The number of hydrogen-bond donors (Lipinski definition) is 2. The smallest absolute Gasteiger partial charge is 0.305 e. The van der Waals surface area contributed by atoms with E-state index in [-0.39, 0.29) is 49.2 Å². The summed E-state index contributed by atoms with van der Waals surface area (Å²) in [6.45, 7) is 3.21. The van der Waals surface area contributed by atoms with Crippen LogP contribution < -0.4 is 0 Å². The van der Waals surface area contributed by atoms with Crippen molar-refractivity contribution in [1.82, 2.24) is 0 Å². The first-order valence-electron chi connectivity index (χ1n) is 5.91. The molecule has 0 spiro atoms. The topological polar surface area (TPSA) is 94.5 Å². The Morgan fingerprint density at radius 3 is 1.47 bits per heavy atom. The molecule has 109 valence electrons. The second-order valence-corrected chi connectivity index (χ2v) is 3.32. The molecule has 0 saturated heterocycles. The number of aliphatic hydroxyl groups is 1. The molecule has 19 heavy (non-hydrogen) atoms. The standard InChI is InChI=1S/C11H22O7.Na/c12-2-4-16-6-8-18-10-9-17-7-5-15-3-1-11(13)14;/h12H,1-10H2,(H,13,14);. The van der Waals surface area contributed by atoms with E-state index in [0.29, 0.717) is 46.2 Å². The zero-order chi connectivity index (χ0) is 13.5. The Kier molecular flexibility index (Phi) is 20.7.